The van der Waals surface area contributed by atoms with Gasteiger partial charge < -0.3 is 4.74 Å². The maximum Gasteiger partial charge on any atom is 0.0960 e. The van der Waals surface area contributed by atoms with Crippen LogP contribution in [0.3, 0.4) is 0 Å². The molecule has 0 unspecified atom stereocenters. The first-order chi connectivity index (χ1) is 10.6. The lowest BCUT2D eigenvalue weighted by Gasteiger charge is -2.28. The molecular formula is C19H25NOS. The summed E-state index contributed by atoms with van der Waals surface area (Å²) in [5.41, 5.74) is 2.45. The molecule has 0 aliphatic carbocycles. The summed E-state index contributed by atoms with van der Waals surface area (Å²) in [6, 6.07) is 14.6. The van der Waals surface area contributed by atoms with E-state index in [4.69, 9.17) is 4.74 Å². The number of nitrogens with zero attached hydrogens (tertiary/aromatic N) is 1. The minimum Gasteiger partial charge on any atom is -0.370 e. The van der Waals surface area contributed by atoms with Crippen LogP contribution in [-0.2, 0) is 16.8 Å². The van der Waals surface area contributed by atoms with Crippen LogP contribution in [0, 0.1) is 0 Å². The second kappa shape index (κ2) is 8.35. The van der Waals surface area contributed by atoms with Gasteiger partial charge in [0.05, 0.1) is 17.2 Å². The van der Waals surface area contributed by atoms with Crippen molar-refractivity contribution in [1.82, 2.24) is 4.98 Å². The lowest BCUT2D eigenvalue weighted by molar-refractivity contribution is -0.0131. The molecule has 0 spiro atoms. The molecule has 0 radical (unpaired) electrons. The van der Waals surface area contributed by atoms with Gasteiger partial charge in [0, 0.05) is 11.9 Å². The Balaban J connectivity index is 1.91. The minimum atomic E-state index is -0.254. The Morgan fingerprint density at radius 2 is 1.86 bits per heavy atom. The van der Waals surface area contributed by atoms with E-state index in [0.29, 0.717) is 6.61 Å². The third-order valence-corrected chi connectivity index (χ3v) is 4.53. The fraction of sp³-hybridized carbons (Fsp3) is 0.421. The van der Waals surface area contributed by atoms with Crippen molar-refractivity contribution in [2.75, 3.05) is 12.4 Å². The summed E-state index contributed by atoms with van der Waals surface area (Å²) < 4.78 is 6.18. The van der Waals surface area contributed by atoms with Crippen molar-refractivity contribution in [2.45, 2.75) is 44.2 Å². The van der Waals surface area contributed by atoms with Gasteiger partial charge in [-0.2, -0.15) is 0 Å². The number of pyridine rings is 1. The van der Waals surface area contributed by atoms with Crippen LogP contribution in [0.5, 0.6) is 0 Å². The standard InChI is InChI=1S/C19H25NOS/c1-4-9-16-10-5-6-11-17(16)19(2,3)21-14-15-22-18-12-7-8-13-20-18/h5-8,10-13H,4,9,14-15H2,1-3H3. The molecule has 0 amide bonds. The van der Waals surface area contributed by atoms with Gasteiger partial charge in [0.15, 0.2) is 0 Å². The third-order valence-electron chi connectivity index (χ3n) is 3.62. The average Bonchev–Trinajstić information content (AvgIpc) is 2.53. The Bertz CT molecular complexity index is 569. The summed E-state index contributed by atoms with van der Waals surface area (Å²) in [5.74, 6) is 0.913. The molecule has 0 atom stereocenters. The molecule has 2 nitrogen and oxygen atoms in total. The van der Waals surface area contributed by atoms with Gasteiger partial charge in [-0.3, -0.25) is 0 Å². The highest BCUT2D eigenvalue weighted by Gasteiger charge is 2.23. The van der Waals surface area contributed by atoms with Gasteiger partial charge in [-0.15, -0.1) is 11.8 Å². The third kappa shape index (κ3) is 4.85. The summed E-state index contributed by atoms with van der Waals surface area (Å²) in [6.45, 7) is 7.25. The van der Waals surface area contributed by atoms with Crippen LogP contribution in [0.2, 0.25) is 0 Å². The highest BCUT2D eigenvalue weighted by molar-refractivity contribution is 7.99. The zero-order chi connectivity index (χ0) is 15.8. The number of hydrogen-bond donors (Lipinski definition) is 0. The van der Waals surface area contributed by atoms with E-state index in [1.165, 1.54) is 11.1 Å². The summed E-state index contributed by atoms with van der Waals surface area (Å²) >= 11 is 1.73. The van der Waals surface area contributed by atoms with Crippen LogP contribution in [0.1, 0.15) is 38.3 Å². The zero-order valence-electron chi connectivity index (χ0n) is 13.7. The van der Waals surface area contributed by atoms with E-state index in [1.807, 2.05) is 24.4 Å². The largest absolute Gasteiger partial charge is 0.370 e. The maximum absolute atomic E-state index is 6.18. The molecule has 0 saturated heterocycles. The molecule has 0 aliphatic heterocycles. The predicted octanol–water partition coefficient (Wildman–Crippen LogP) is 5.08. The normalized spacial score (nSPS) is 11.6. The van der Waals surface area contributed by atoms with E-state index in [-0.39, 0.29) is 5.60 Å². The van der Waals surface area contributed by atoms with Crippen molar-refractivity contribution >= 4 is 11.8 Å². The molecule has 1 aromatic heterocycles. The van der Waals surface area contributed by atoms with Crippen molar-refractivity contribution in [1.29, 1.82) is 0 Å². The van der Waals surface area contributed by atoms with E-state index >= 15 is 0 Å². The Labute approximate surface area is 138 Å². The van der Waals surface area contributed by atoms with Crippen LogP contribution in [-0.4, -0.2) is 17.3 Å². The Kier molecular flexibility index (Phi) is 6.47. The second-order valence-corrected chi connectivity index (χ2v) is 6.90. The quantitative estimate of drug-likeness (QED) is 0.501. The molecule has 22 heavy (non-hydrogen) atoms. The van der Waals surface area contributed by atoms with Gasteiger partial charge in [0.25, 0.3) is 0 Å². The van der Waals surface area contributed by atoms with E-state index < -0.39 is 0 Å². The van der Waals surface area contributed by atoms with Crippen molar-refractivity contribution in [3.63, 3.8) is 0 Å². The molecule has 2 rings (SSSR count). The highest BCUT2D eigenvalue weighted by atomic mass is 32.2. The maximum atomic E-state index is 6.18. The smallest absolute Gasteiger partial charge is 0.0960 e. The zero-order valence-corrected chi connectivity index (χ0v) is 14.5. The van der Waals surface area contributed by atoms with Crippen LogP contribution in [0.25, 0.3) is 0 Å². The van der Waals surface area contributed by atoms with E-state index in [0.717, 1.165) is 23.6 Å². The van der Waals surface area contributed by atoms with Crippen LogP contribution in [0.4, 0.5) is 0 Å². The van der Waals surface area contributed by atoms with Crippen LogP contribution in [0.15, 0.2) is 53.7 Å². The molecule has 1 heterocycles. The molecule has 0 saturated carbocycles. The number of rotatable bonds is 8. The molecular weight excluding hydrogens is 290 g/mol. The van der Waals surface area contributed by atoms with Crippen molar-refractivity contribution in [2.24, 2.45) is 0 Å². The van der Waals surface area contributed by atoms with Gasteiger partial charge >= 0.3 is 0 Å². The van der Waals surface area contributed by atoms with Gasteiger partial charge in [-0.25, -0.2) is 4.98 Å². The van der Waals surface area contributed by atoms with E-state index in [9.17, 15) is 0 Å². The molecule has 3 heteroatoms. The first-order valence-electron chi connectivity index (χ1n) is 7.89. The fourth-order valence-corrected chi connectivity index (χ4v) is 3.23. The predicted molar refractivity (Wildman–Crippen MR) is 94.4 cm³/mol. The summed E-state index contributed by atoms with van der Waals surface area (Å²) in [4.78, 5) is 4.32. The molecule has 0 aliphatic rings. The van der Waals surface area contributed by atoms with Crippen molar-refractivity contribution < 1.29 is 4.74 Å². The van der Waals surface area contributed by atoms with Crippen LogP contribution >= 0.6 is 11.8 Å². The summed E-state index contributed by atoms with van der Waals surface area (Å²) in [5, 5.41) is 1.05. The van der Waals surface area contributed by atoms with Crippen molar-refractivity contribution in [3.05, 3.63) is 59.8 Å². The lowest BCUT2D eigenvalue weighted by Crippen LogP contribution is -2.24. The van der Waals surface area contributed by atoms with E-state index in [2.05, 4.69) is 50.0 Å². The average molecular weight is 315 g/mol. The molecule has 118 valence electrons. The molecule has 0 fully saturated rings. The highest BCUT2D eigenvalue weighted by Crippen LogP contribution is 2.29. The van der Waals surface area contributed by atoms with Gasteiger partial charge in [-0.05, 0) is 43.5 Å². The first-order valence-corrected chi connectivity index (χ1v) is 8.88. The summed E-state index contributed by atoms with van der Waals surface area (Å²) in [7, 11) is 0. The second-order valence-electron chi connectivity index (χ2n) is 5.78. The Morgan fingerprint density at radius 3 is 2.59 bits per heavy atom. The van der Waals surface area contributed by atoms with Gasteiger partial charge in [0.2, 0.25) is 0 Å². The number of aryl methyl sites for hydroxylation is 1. The minimum absolute atomic E-state index is 0.254. The van der Waals surface area contributed by atoms with Crippen molar-refractivity contribution in [3.8, 4) is 0 Å². The number of thioether (sulfide) groups is 1. The molecule has 2 aromatic rings. The monoisotopic (exact) mass is 315 g/mol. The molecule has 0 N–H and O–H groups in total. The van der Waals surface area contributed by atoms with Gasteiger partial charge in [-0.1, -0.05) is 43.7 Å². The molecule has 1 aromatic carbocycles. The number of hydrogen-bond acceptors (Lipinski definition) is 3. The van der Waals surface area contributed by atoms with E-state index in [1.54, 1.807) is 11.8 Å². The first kappa shape index (κ1) is 17.0. The number of benzene rings is 1. The fourth-order valence-electron chi connectivity index (χ4n) is 2.55. The Morgan fingerprint density at radius 1 is 1.09 bits per heavy atom. The number of ether oxygens (including phenoxy) is 1. The number of aromatic nitrogens is 1. The lowest BCUT2D eigenvalue weighted by atomic mass is 9.91. The van der Waals surface area contributed by atoms with Gasteiger partial charge in [0.1, 0.15) is 0 Å². The SMILES string of the molecule is CCCc1ccccc1C(C)(C)OCCSc1ccccn1. The topological polar surface area (TPSA) is 22.1 Å². The van der Waals surface area contributed by atoms with Crippen LogP contribution < -0.4 is 0 Å². The Hall–Kier alpha value is -1.32. The molecule has 0 bridgehead atoms. The summed E-state index contributed by atoms with van der Waals surface area (Å²) in [6.07, 6.45) is 4.09.